The second-order valence-corrected chi connectivity index (χ2v) is 5.29. The first kappa shape index (κ1) is 16.9. The second-order valence-electron chi connectivity index (χ2n) is 4.57. The minimum atomic E-state index is -0.593. The van der Waals surface area contributed by atoms with Gasteiger partial charge in [-0.15, -0.1) is 12.6 Å². The Balaban J connectivity index is 2.48. The van der Waals surface area contributed by atoms with Crippen molar-refractivity contribution < 1.29 is 9.66 Å². The molecule has 1 atom stereocenters. The molecule has 0 aliphatic carbocycles. The van der Waals surface area contributed by atoms with Gasteiger partial charge in [-0.1, -0.05) is 25.5 Å². The standard InChI is InChI=1S/C14H22N2O3S/c1-3-10-14(20,19-4-2)15-11-9-12-5-7-13(8-6-12)16(17)18/h5-8,15,20H,3-4,9-11H2,1-2H3/t14-/m0/s1. The maximum atomic E-state index is 10.6. The normalized spacial score (nSPS) is 13.9. The van der Waals surface area contributed by atoms with Crippen molar-refractivity contribution in [2.75, 3.05) is 13.2 Å². The van der Waals surface area contributed by atoms with Gasteiger partial charge < -0.3 is 4.74 Å². The lowest BCUT2D eigenvalue weighted by Gasteiger charge is -2.29. The van der Waals surface area contributed by atoms with Crippen molar-refractivity contribution in [1.29, 1.82) is 0 Å². The number of hydrogen-bond acceptors (Lipinski definition) is 5. The zero-order valence-electron chi connectivity index (χ0n) is 12.0. The highest BCUT2D eigenvalue weighted by Crippen LogP contribution is 2.19. The Kier molecular flexibility index (Phi) is 6.98. The van der Waals surface area contributed by atoms with Crippen LogP contribution in [0.15, 0.2) is 24.3 Å². The largest absolute Gasteiger partial charge is 0.352 e. The molecule has 0 bridgehead atoms. The molecule has 0 fully saturated rings. The first-order chi connectivity index (χ1) is 9.50. The molecule has 0 spiro atoms. The monoisotopic (exact) mass is 298 g/mol. The summed E-state index contributed by atoms with van der Waals surface area (Å²) >= 11 is 4.55. The van der Waals surface area contributed by atoms with E-state index in [-0.39, 0.29) is 5.69 Å². The highest BCUT2D eigenvalue weighted by Gasteiger charge is 2.23. The number of nitrogens with one attached hydrogen (secondary N) is 1. The number of hydrogen-bond donors (Lipinski definition) is 2. The third-order valence-corrected chi connectivity index (χ3v) is 3.44. The lowest BCUT2D eigenvalue weighted by molar-refractivity contribution is -0.384. The number of nitro groups is 1. The molecule has 1 N–H and O–H groups in total. The predicted molar refractivity (Wildman–Crippen MR) is 83.1 cm³/mol. The van der Waals surface area contributed by atoms with Crippen LogP contribution in [0.2, 0.25) is 0 Å². The molecule has 1 aromatic rings. The van der Waals surface area contributed by atoms with Crippen LogP contribution in [-0.4, -0.2) is 23.1 Å². The molecule has 0 amide bonds. The van der Waals surface area contributed by atoms with Gasteiger partial charge in [-0.25, -0.2) is 0 Å². The number of rotatable bonds is 9. The molecule has 0 radical (unpaired) electrons. The Hall–Kier alpha value is -1.11. The van der Waals surface area contributed by atoms with E-state index in [1.807, 2.05) is 6.92 Å². The lowest BCUT2D eigenvalue weighted by atomic mass is 10.1. The molecule has 112 valence electrons. The lowest BCUT2D eigenvalue weighted by Crippen LogP contribution is -2.43. The first-order valence-corrected chi connectivity index (χ1v) is 7.30. The summed E-state index contributed by atoms with van der Waals surface area (Å²) < 4.78 is 5.62. The SMILES string of the molecule is CCC[C@](S)(NCCc1ccc([N+](=O)[O-])cc1)OCC. The van der Waals surface area contributed by atoms with Crippen LogP contribution < -0.4 is 5.32 Å². The van der Waals surface area contributed by atoms with Crippen LogP contribution in [0.5, 0.6) is 0 Å². The molecule has 0 aliphatic rings. The van der Waals surface area contributed by atoms with Crippen LogP contribution in [0.4, 0.5) is 5.69 Å². The molecule has 0 aliphatic heterocycles. The van der Waals surface area contributed by atoms with E-state index in [0.29, 0.717) is 13.2 Å². The van der Waals surface area contributed by atoms with Gasteiger partial charge in [0, 0.05) is 25.3 Å². The Bertz CT molecular complexity index is 417. The highest BCUT2D eigenvalue weighted by molar-refractivity contribution is 7.81. The van der Waals surface area contributed by atoms with E-state index in [1.54, 1.807) is 12.1 Å². The van der Waals surface area contributed by atoms with Crippen molar-refractivity contribution in [3.8, 4) is 0 Å². The van der Waals surface area contributed by atoms with Gasteiger partial charge in [0.15, 0.2) is 5.06 Å². The smallest absolute Gasteiger partial charge is 0.269 e. The first-order valence-electron chi connectivity index (χ1n) is 6.85. The summed E-state index contributed by atoms with van der Waals surface area (Å²) in [6.45, 7) is 5.34. The Labute approximate surface area is 125 Å². The van der Waals surface area contributed by atoms with Crippen LogP contribution in [0.3, 0.4) is 0 Å². The van der Waals surface area contributed by atoms with Crippen molar-refractivity contribution in [1.82, 2.24) is 5.32 Å². The third kappa shape index (κ3) is 5.48. The van der Waals surface area contributed by atoms with Crippen molar-refractivity contribution in [2.45, 2.75) is 38.2 Å². The van der Waals surface area contributed by atoms with Gasteiger partial charge in [0.25, 0.3) is 5.69 Å². The van der Waals surface area contributed by atoms with Gasteiger partial charge in [0.2, 0.25) is 0 Å². The molecule has 6 heteroatoms. The van der Waals surface area contributed by atoms with Crippen LogP contribution in [-0.2, 0) is 11.2 Å². The quantitative estimate of drug-likeness (QED) is 0.318. The Morgan fingerprint density at radius 1 is 1.35 bits per heavy atom. The van der Waals surface area contributed by atoms with Gasteiger partial charge >= 0.3 is 0 Å². The van der Waals surface area contributed by atoms with Gasteiger partial charge in [-0.3, -0.25) is 15.4 Å². The maximum Gasteiger partial charge on any atom is 0.269 e. The second kappa shape index (κ2) is 8.24. The molecule has 0 aromatic heterocycles. The highest BCUT2D eigenvalue weighted by atomic mass is 32.1. The summed E-state index contributed by atoms with van der Waals surface area (Å²) in [5.41, 5.74) is 1.16. The molecule has 1 rings (SSSR count). The summed E-state index contributed by atoms with van der Waals surface area (Å²) in [5.74, 6) is 0. The fraction of sp³-hybridized carbons (Fsp3) is 0.571. The fourth-order valence-electron chi connectivity index (χ4n) is 1.98. The zero-order valence-corrected chi connectivity index (χ0v) is 12.9. The summed E-state index contributed by atoms with van der Waals surface area (Å²) in [6.07, 6.45) is 2.58. The molecule has 0 saturated heterocycles. The van der Waals surface area contributed by atoms with E-state index in [9.17, 15) is 10.1 Å². The van der Waals surface area contributed by atoms with E-state index in [2.05, 4.69) is 24.9 Å². The maximum absolute atomic E-state index is 10.6. The van der Waals surface area contributed by atoms with E-state index in [1.165, 1.54) is 12.1 Å². The summed E-state index contributed by atoms with van der Waals surface area (Å²) in [6, 6.07) is 6.61. The van der Waals surface area contributed by atoms with E-state index < -0.39 is 9.98 Å². The van der Waals surface area contributed by atoms with Gasteiger partial charge in [0.05, 0.1) is 4.92 Å². The molecular weight excluding hydrogens is 276 g/mol. The van der Waals surface area contributed by atoms with Crippen molar-refractivity contribution in [2.24, 2.45) is 0 Å². The van der Waals surface area contributed by atoms with Crippen molar-refractivity contribution in [3.05, 3.63) is 39.9 Å². The van der Waals surface area contributed by atoms with Crippen molar-refractivity contribution >= 4 is 18.3 Å². The minimum Gasteiger partial charge on any atom is -0.352 e. The summed E-state index contributed by atoms with van der Waals surface area (Å²) in [4.78, 5) is 10.2. The number of nitrogens with zero attached hydrogens (tertiary/aromatic N) is 1. The van der Waals surface area contributed by atoms with E-state index in [4.69, 9.17) is 4.74 Å². The van der Waals surface area contributed by atoms with Gasteiger partial charge in [-0.05, 0) is 25.3 Å². The molecule has 0 heterocycles. The number of nitro benzene ring substituents is 1. The molecule has 1 aromatic carbocycles. The topological polar surface area (TPSA) is 64.4 Å². The predicted octanol–water partition coefficient (Wildman–Crippen LogP) is 3.15. The van der Waals surface area contributed by atoms with Crippen LogP contribution >= 0.6 is 12.6 Å². The molecule has 5 nitrogen and oxygen atoms in total. The number of benzene rings is 1. The van der Waals surface area contributed by atoms with E-state index >= 15 is 0 Å². The number of thiol groups is 1. The molecule has 20 heavy (non-hydrogen) atoms. The fourth-order valence-corrected chi connectivity index (χ4v) is 2.44. The van der Waals surface area contributed by atoms with Crippen molar-refractivity contribution in [3.63, 3.8) is 0 Å². The van der Waals surface area contributed by atoms with Crippen LogP contribution in [0, 0.1) is 10.1 Å². The number of ether oxygens (including phenoxy) is 1. The zero-order chi connectivity index (χ0) is 15.0. The Morgan fingerprint density at radius 3 is 2.50 bits per heavy atom. The number of non-ortho nitro benzene ring substituents is 1. The molecular formula is C14H22N2O3S. The van der Waals surface area contributed by atoms with Gasteiger partial charge in [-0.2, -0.15) is 0 Å². The average Bonchev–Trinajstić information content (AvgIpc) is 2.39. The summed E-state index contributed by atoms with van der Waals surface area (Å²) in [7, 11) is 0. The third-order valence-electron chi connectivity index (χ3n) is 2.93. The minimum absolute atomic E-state index is 0.116. The van der Waals surface area contributed by atoms with Gasteiger partial charge in [0.1, 0.15) is 0 Å². The molecule has 0 saturated carbocycles. The van der Waals surface area contributed by atoms with Crippen LogP contribution in [0.1, 0.15) is 32.3 Å². The summed E-state index contributed by atoms with van der Waals surface area (Å²) in [5, 5.41) is 13.3. The van der Waals surface area contributed by atoms with E-state index in [0.717, 1.165) is 24.8 Å². The van der Waals surface area contributed by atoms with Crippen LogP contribution in [0.25, 0.3) is 0 Å². The molecule has 0 unspecified atom stereocenters. The average molecular weight is 298 g/mol. The Morgan fingerprint density at radius 2 is 2.00 bits per heavy atom.